The summed E-state index contributed by atoms with van der Waals surface area (Å²) in [5.41, 5.74) is 1.56. The van der Waals surface area contributed by atoms with Crippen molar-refractivity contribution in [2.24, 2.45) is 5.92 Å². The number of para-hydroxylation sites is 1. The number of carbonyl (C=O) groups is 2. The van der Waals surface area contributed by atoms with Crippen LogP contribution in [0.5, 0.6) is 5.75 Å². The van der Waals surface area contributed by atoms with Gasteiger partial charge in [-0.2, -0.15) is 0 Å². The molecule has 182 valence electrons. The van der Waals surface area contributed by atoms with Crippen molar-refractivity contribution in [2.45, 2.75) is 38.1 Å². The zero-order valence-electron chi connectivity index (χ0n) is 19.8. The molecule has 0 saturated carbocycles. The highest BCUT2D eigenvalue weighted by Crippen LogP contribution is 2.32. The molecule has 3 heterocycles. The molecule has 8 heteroatoms. The van der Waals surface area contributed by atoms with Crippen LogP contribution in [0, 0.1) is 5.92 Å². The third-order valence-corrected chi connectivity index (χ3v) is 7.16. The summed E-state index contributed by atoms with van der Waals surface area (Å²) >= 11 is 0. The van der Waals surface area contributed by atoms with Gasteiger partial charge in [-0.1, -0.05) is 24.3 Å². The van der Waals surface area contributed by atoms with Crippen molar-refractivity contribution in [1.29, 1.82) is 0 Å². The first-order valence-corrected chi connectivity index (χ1v) is 12.4. The van der Waals surface area contributed by atoms with Crippen LogP contribution in [-0.4, -0.2) is 68.7 Å². The number of aromatic nitrogens is 3. The molecule has 5 rings (SSSR count). The van der Waals surface area contributed by atoms with E-state index in [1.807, 2.05) is 59.5 Å². The molecule has 2 aliphatic rings. The van der Waals surface area contributed by atoms with E-state index < -0.39 is 0 Å². The molecule has 1 atom stereocenters. The van der Waals surface area contributed by atoms with Crippen LogP contribution in [0.15, 0.2) is 67.3 Å². The second kappa shape index (κ2) is 10.7. The predicted octanol–water partition coefficient (Wildman–Crippen LogP) is 3.58. The Kier molecular flexibility index (Phi) is 7.07. The average molecular weight is 474 g/mol. The molecule has 8 nitrogen and oxygen atoms in total. The number of hydrogen-bond donors (Lipinski definition) is 0. The highest BCUT2D eigenvalue weighted by Gasteiger charge is 2.36. The quantitative estimate of drug-likeness (QED) is 0.547. The largest absolute Gasteiger partial charge is 0.484 e. The van der Waals surface area contributed by atoms with Crippen LogP contribution in [0.4, 0.5) is 0 Å². The van der Waals surface area contributed by atoms with E-state index >= 15 is 0 Å². The lowest BCUT2D eigenvalue weighted by atomic mass is 9.83. The second-order valence-electron chi connectivity index (χ2n) is 9.30. The topological polar surface area (TPSA) is 80.6 Å². The van der Waals surface area contributed by atoms with Gasteiger partial charge in [-0.05, 0) is 68.4 Å². The smallest absolute Gasteiger partial charge is 0.260 e. The Morgan fingerprint density at radius 3 is 2.43 bits per heavy atom. The number of ether oxygens (including phenoxy) is 1. The maximum absolute atomic E-state index is 13.6. The minimum absolute atomic E-state index is 0.0229. The van der Waals surface area contributed by atoms with Crippen molar-refractivity contribution in [3.05, 3.63) is 72.8 Å². The Morgan fingerprint density at radius 1 is 0.886 bits per heavy atom. The Labute approximate surface area is 205 Å². The van der Waals surface area contributed by atoms with Crippen molar-refractivity contribution in [3.8, 4) is 11.4 Å². The molecule has 0 N–H and O–H groups in total. The summed E-state index contributed by atoms with van der Waals surface area (Å²) in [6.45, 7) is 2.27. The average Bonchev–Trinajstić information content (AvgIpc) is 3.47. The van der Waals surface area contributed by atoms with E-state index in [2.05, 4.69) is 15.1 Å². The van der Waals surface area contributed by atoms with E-state index in [9.17, 15) is 9.59 Å². The van der Waals surface area contributed by atoms with Gasteiger partial charge in [0, 0.05) is 36.9 Å². The molecular weight excluding hydrogens is 442 g/mol. The zero-order valence-corrected chi connectivity index (χ0v) is 19.8. The van der Waals surface area contributed by atoms with E-state index in [0.29, 0.717) is 30.3 Å². The fourth-order valence-electron chi connectivity index (χ4n) is 5.29. The molecule has 0 bridgehead atoms. The van der Waals surface area contributed by atoms with Crippen LogP contribution in [0.3, 0.4) is 0 Å². The van der Waals surface area contributed by atoms with E-state index in [-0.39, 0.29) is 24.5 Å². The van der Waals surface area contributed by atoms with Crippen LogP contribution in [-0.2, 0) is 4.79 Å². The summed E-state index contributed by atoms with van der Waals surface area (Å²) in [6, 6.07) is 17.3. The zero-order chi connectivity index (χ0) is 24.0. The van der Waals surface area contributed by atoms with E-state index in [1.54, 1.807) is 17.2 Å². The number of amides is 2. The van der Waals surface area contributed by atoms with Crippen molar-refractivity contribution in [3.63, 3.8) is 0 Å². The first-order chi connectivity index (χ1) is 17.2. The number of benzene rings is 2. The van der Waals surface area contributed by atoms with E-state index in [1.165, 1.54) is 0 Å². The van der Waals surface area contributed by atoms with Crippen LogP contribution in [0.25, 0.3) is 5.69 Å². The molecule has 0 aliphatic carbocycles. The number of likely N-dealkylation sites (tertiary alicyclic amines) is 2. The third-order valence-electron chi connectivity index (χ3n) is 7.16. The highest BCUT2D eigenvalue weighted by atomic mass is 16.5. The second-order valence-corrected chi connectivity index (χ2v) is 9.30. The summed E-state index contributed by atoms with van der Waals surface area (Å²) < 4.78 is 7.45. The summed E-state index contributed by atoms with van der Waals surface area (Å²) in [6.07, 6.45) is 8.27. The minimum atomic E-state index is 0.0229. The monoisotopic (exact) mass is 473 g/mol. The molecule has 2 aromatic carbocycles. The van der Waals surface area contributed by atoms with Crippen LogP contribution in [0.2, 0.25) is 0 Å². The maximum Gasteiger partial charge on any atom is 0.260 e. The molecule has 35 heavy (non-hydrogen) atoms. The van der Waals surface area contributed by atoms with Gasteiger partial charge in [-0.3, -0.25) is 14.2 Å². The Bertz CT molecular complexity index is 1130. The molecule has 0 unspecified atom stereocenters. The van der Waals surface area contributed by atoms with Crippen molar-refractivity contribution in [1.82, 2.24) is 24.6 Å². The van der Waals surface area contributed by atoms with Crippen molar-refractivity contribution in [2.75, 3.05) is 26.2 Å². The first kappa shape index (κ1) is 23.1. The molecule has 0 radical (unpaired) electrons. The first-order valence-electron chi connectivity index (χ1n) is 12.4. The summed E-state index contributed by atoms with van der Waals surface area (Å²) in [5.74, 6) is 1.22. The third kappa shape index (κ3) is 5.37. The lowest BCUT2D eigenvalue weighted by molar-refractivity contribution is -0.135. The van der Waals surface area contributed by atoms with Gasteiger partial charge >= 0.3 is 0 Å². The summed E-state index contributed by atoms with van der Waals surface area (Å²) in [4.78, 5) is 30.2. The lowest BCUT2D eigenvalue weighted by Crippen LogP contribution is -2.51. The summed E-state index contributed by atoms with van der Waals surface area (Å²) in [5, 5.41) is 7.73. The standard InChI is InChI=1S/C27H31N5O3/c33-26(18-35-24-9-2-1-3-10-24)30-15-12-21(13-16-30)25-11-4-5-14-32(25)27(34)22-7-6-8-23(17-22)31-19-28-29-20-31/h1-3,6-10,17,19-21,25H,4-5,11-16,18H2/t25-/m0/s1. The van der Waals surface area contributed by atoms with Gasteiger partial charge in [0.2, 0.25) is 0 Å². The van der Waals surface area contributed by atoms with Gasteiger partial charge in [-0.15, -0.1) is 10.2 Å². The number of piperidine rings is 2. The molecule has 0 spiro atoms. The fraction of sp³-hybridized carbons (Fsp3) is 0.407. The normalized spacial score (nSPS) is 18.9. The Hall–Kier alpha value is -3.68. The van der Waals surface area contributed by atoms with Crippen LogP contribution >= 0.6 is 0 Å². The van der Waals surface area contributed by atoms with E-state index in [0.717, 1.165) is 44.3 Å². The summed E-state index contributed by atoms with van der Waals surface area (Å²) in [7, 11) is 0. The number of nitrogens with zero attached hydrogens (tertiary/aromatic N) is 5. The fourth-order valence-corrected chi connectivity index (χ4v) is 5.29. The number of hydrogen-bond acceptors (Lipinski definition) is 5. The highest BCUT2D eigenvalue weighted by molar-refractivity contribution is 5.95. The van der Waals surface area contributed by atoms with Gasteiger partial charge in [0.15, 0.2) is 6.61 Å². The SMILES string of the molecule is O=C(COc1ccccc1)N1CCC([C@@H]2CCCCN2C(=O)c2cccc(-n3cnnc3)c2)CC1. The van der Waals surface area contributed by atoms with Crippen molar-refractivity contribution < 1.29 is 14.3 Å². The molecule has 2 fully saturated rings. The van der Waals surface area contributed by atoms with Crippen molar-refractivity contribution >= 4 is 11.8 Å². The number of rotatable bonds is 6. The molecule has 2 saturated heterocycles. The molecular formula is C27H31N5O3. The number of carbonyl (C=O) groups excluding carboxylic acids is 2. The van der Waals surface area contributed by atoms with Crippen LogP contribution in [0.1, 0.15) is 42.5 Å². The Morgan fingerprint density at radius 2 is 1.66 bits per heavy atom. The van der Waals surface area contributed by atoms with Gasteiger partial charge in [0.25, 0.3) is 11.8 Å². The minimum Gasteiger partial charge on any atom is -0.484 e. The Balaban J connectivity index is 1.20. The molecule has 2 amide bonds. The lowest BCUT2D eigenvalue weighted by Gasteiger charge is -2.43. The van der Waals surface area contributed by atoms with E-state index in [4.69, 9.17) is 4.74 Å². The van der Waals surface area contributed by atoms with Gasteiger partial charge < -0.3 is 14.5 Å². The maximum atomic E-state index is 13.6. The van der Waals surface area contributed by atoms with Gasteiger partial charge in [0.1, 0.15) is 18.4 Å². The van der Waals surface area contributed by atoms with Gasteiger partial charge in [-0.25, -0.2) is 0 Å². The van der Waals surface area contributed by atoms with Crippen LogP contribution < -0.4 is 4.74 Å². The van der Waals surface area contributed by atoms with Gasteiger partial charge in [0.05, 0.1) is 0 Å². The molecule has 3 aromatic rings. The molecule has 2 aliphatic heterocycles. The predicted molar refractivity (Wildman–Crippen MR) is 131 cm³/mol. The molecule has 1 aromatic heterocycles.